The molecule has 8 heteroatoms. The van der Waals surface area contributed by atoms with Crippen LogP contribution >= 0.6 is 0 Å². The molecule has 1 fully saturated rings. The van der Waals surface area contributed by atoms with Crippen molar-refractivity contribution in [1.29, 1.82) is 0 Å². The van der Waals surface area contributed by atoms with Gasteiger partial charge in [0.05, 0.1) is 12.7 Å². The molecule has 1 aliphatic heterocycles. The molecule has 24 heavy (non-hydrogen) atoms. The number of carbonyl (C=O) groups excluding carboxylic acids is 1. The maximum atomic E-state index is 12.6. The van der Waals surface area contributed by atoms with Gasteiger partial charge in [-0.2, -0.15) is 5.10 Å². The van der Waals surface area contributed by atoms with Crippen molar-refractivity contribution in [3.63, 3.8) is 0 Å². The van der Waals surface area contributed by atoms with Crippen LogP contribution in [0.4, 0.5) is 11.6 Å². The summed E-state index contributed by atoms with van der Waals surface area (Å²) in [7, 11) is 5.56. The van der Waals surface area contributed by atoms with Crippen LogP contribution in [0.25, 0.3) is 0 Å². The van der Waals surface area contributed by atoms with E-state index in [1.165, 1.54) is 10.9 Å². The molecule has 2 N–H and O–H groups in total. The number of nitrogen functional groups attached to an aromatic ring is 1. The summed E-state index contributed by atoms with van der Waals surface area (Å²) in [5.41, 5.74) is 6.33. The van der Waals surface area contributed by atoms with Crippen molar-refractivity contribution in [1.82, 2.24) is 19.7 Å². The van der Waals surface area contributed by atoms with Crippen LogP contribution < -0.4 is 15.4 Å². The normalized spacial score (nSPS) is 17.1. The lowest BCUT2D eigenvalue weighted by molar-refractivity contribution is 0.0773. The minimum atomic E-state index is -0.106. The largest absolute Gasteiger partial charge is 0.485 e. The van der Waals surface area contributed by atoms with Crippen LogP contribution in [0, 0.1) is 0 Å². The molecule has 2 aromatic rings. The van der Waals surface area contributed by atoms with Crippen molar-refractivity contribution in [2.75, 3.05) is 37.8 Å². The zero-order chi connectivity index (χ0) is 17.3. The van der Waals surface area contributed by atoms with Crippen LogP contribution in [0.3, 0.4) is 0 Å². The van der Waals surface area contributed by atoms with Crippen LogP contribution in [0.1, 0.15) is 16.8 Å². The zero-order valence-corrected chi connectivity index (χ0v) is 14.1. The molecule has 8 nitrogen and oxygen atoms in total. The minimum absolute atomic E-state index is 0.0604. The number of pyridine rings is 1. The number of hydrogen-bond acceptors (Lipinski definition) is 6. The van der Waals surface area contributed by atoms with Gasteiger partial charge in [0.15, 0.2) is 11.6 Å². The van der Waals surface area contributed by atoms with Gasteiger partial charge in [0.2, 0.25) is 0 Å². The Morgan fingerprint density at radius 2 is 2.25 bits per heavy atom. The summed E-state index contributed by atoms with van der Waals surface area (Å²) in [5, 5.41) is 4.03. The fourth-order valence-electron chi connectivity index (χ4n) is 2.78. The number of rotatable bonds is 4. The van der Waals surface area contributed by atoms with Gasteiger partial charge in [-0.05, 0) is 12.1 Å². The van der Waals surface area contributed by atoms with E-state index in [4.69, 9.17) is 10.5 Å². The van der Waals surface area contributed by atoms with Crippen molar-refractivity contribution in [2.24, 2.45) is 7.05 Å². The van der Waals surface area contributed by atoms with Gasteiger partial charge in [-0.3, -0.25) is 9.48 Å². The van der Waals surface area contributed by atoms with Crippen LogP contribution in [0.15, 0.2) is 24.5 Å². The molecule has 0 unspecified atom stereocenters. The Morgan fingerprint density at radius 1 is 1.46 bits per heavy atom. The predicted molar refractivity (Wildman–Crippen MR) is 91.1 cm³/mol. The summed E-state index contributed by atoms with van der Waals surface area (Å²) in [6, 6.07) is 3.74. The second-order valence-electron chi connectivity index (χ2n) is 6.07. The molecule has 0 aromatic carbocycles. The van der Waals surface area contributed by atoms with E-state index in [0.717, 1.165) is 18.0 Å². The molecule has 1 saturated heterocycles. The second kappa shape index (κ2) is 6.38. The molecule has 0 saturated carbocycles. The van der Waals surface area contributed by atoms with Gasteiger partial charge in [0.25, 0.3) is 5.91 Å². The molecule has 0 bridgehead atoms. The number of nitrogens with two attached hydrogens (primary N) is 1. The van der Waals surface area contributed by atoms with Gasteiger partial charge in [-0.15, -0.1) is 0 Å². The standard InChI is InChI=1S/C16H22N6O2/c1-20(2)15-13(5-4-7-18-15)24-11-6-8-22(10-11)16(23)12-9-19-21(3)14(12)17/h4-5,7,9,11H,6,8,10,17H2,1-3H3/t11-/m0/s1. The molecule has 0 radical (unpaired) electrons. The number of amides is 1. The van der Waals surface area contributed by atoms with E-state index in [2.05, 4.69) is 10.1 Å². The smallest absolute Gasteiger partial charge is 0.259 e. The summed E-state index contributed by atoms with van der Waals surface area (Å²) in [4.78, 5) is 20.6. The Labute approximate surface area is 140 Å². The van der Waals surface area contributed by atoms with E-state index < -0.39 is 0 Å². The third-order valence-electron chi connectivity index (χ3n) is 4.12. The molecule has 1 atom stereocenters. The number of likely N-dealkylation sites (tertiary alicyclic amines) is 1. The number of aromatic nitrogens is 3. The molecule has 0 spiro atoms. The highest BCUT2D eigenvalue weighted by atomic mass is 16.5. The van der Waals surface area contributed by atoms with Crippen LogP contribution in [0.5, 0.6) is 5.75 Å². The first-order valence-corrected chi connectivity index (χ1v) is 7.83. The third-order valence-corrected chi connectivity index (χ3v) is 4.12. The zero-order valence-electron chi connectivity index (χ0n) is 14.1. The maximum Gasteiger partial charge on any atom is 0.259 e. The van der Waals surface area contributed by atoms with Crippen molar-refractivity contribution < 1.29 is 9.53 Å². The summed E-state index contributed by atoms with van der Waals surface area (Å²) in [6.07, 6.45) is 3.96. The molecular weight excluding hydrogens is 308 g/mol. The van der Waals surface area contributed by atoms with E-state index in [1.54, 1.807) is 18.1 Å². The first-order chi connectivity index (χ1) is 11.5. The average Bonchev–Trinajstić information content (AvgIpc) is 3.15. The van der Waals surface area contributed by atoms with Crippen LogP contribution in [-0.4, -0.2) is 58.9 Å². The van der Waals surface area contributed by atoms with Gasteiger partial charge in [0, 0.05) is 40.3 Å². The van der Waals surface area contributed by atoms with E-state index in [9.17, 15) is 4.79 Å². The van der Waals surface area contributed by atoms with E-state index in [0.29, 0.717) is 24.5 Å². The van der Waals surface area contributed by atoms with Crippen LogP contribution in [-0.2, 0) is 7.05 Å². The number of ether oxygens (including phenoxy) is 1. The second-order valence-corrected chi connectivity index (χ2v) is 6.07. The van der Waals surface area contributed by atoms with Gasteiger partial charge in [0.1, 0.15) is 17.5 Å². The first kappa shape index (κ1) is 16.1. The highest BCUT2D eigenvalue weighted by Gasteiger charge is 2.30. The molecular formula is C16H22N6O2. The maximum absolute atomic E-state index is 12.6. The SMILES string of the molecule is CN(C)c1ncccc1O[C@H]1CCN(C(=O)c2cnn(C)c2N)C1. The number of hydrogen-bond donors (Lipinski definition) is 1. The summed E-state index contributed by atoms with van der Waals surface area (Å²) < 4.78 is 7.57. The topological polar surface area (TPSA) is 89.5 Å². The monoisotopic (exact) mass is 330 g/mol. The minimum Gasteiger partial charge on any atom is -0.485 e. The lowest BCUT2D eigenvalue weighted by Gasteiger charge is -2.20. The fraction of sp³-hybridized carbons (Fsp3) is 0.438. The molecule has 1 amide bonds. The van der Waals surface area contributed by atoms with Crippen molar-refractivity contribution in [2.45, 2.75) is 12.5 Å². The third kappa shape index (κ3) is 2.99. The van der Waals surface area contributed by atoms with Gasteiger partial charge in [-0.25, -0.2) is 4.98 Å². The van der Waals surface area contributed by atoms with E-state index >= 15 is 0 Å². The van der Waals surface area contributed by atoms with Crippen LogP contribution in [0.2, 0.25) is 0 Å². The Bertz CT molecular complexity index is 742. The highest BCUT2D eigenvalue weighted by Crippen LogP contribution is 2.27. The molecule has 128 valence electrons. The number of aryl methyl sites for hydroxylation is 1. The average molecular weight is 330 g/mol. The van der Waals surface area contributed by atoms with Crippen molar-refractivity contribution in [3.05, 3.63) is 30.1 Å². The Hall–Kier alpha value is -2.77. The number of nitrogens with zero attached hydrogens (tertiary/aromatic N) is 5. The summed E-state index contributed by atoms with van der Waals surface area (Å²) in [6.45, 7) is 1.16. The van der Waals surface area contributed by atoms with Crippen molar-refractivity contribution in [3.8, 4) is 5.75 Å². The highest BCUT2D eigenvalue weighted by molar-refractivity contribution is 5.98. The molecule has 3 rings (SSSR count). The summed E-state index contributed by atoms with van der Waals surface area (Å²) in [5.74, 6) is 1.78. The Morgan fingerprint density at radius 3 is 2.92 bits per heavy atom. The van der Waals surface area contributed by atoms with Gasteiger partial charge >= 0.3 is 0 Å². The lowest BCUT2D eigenvalue weighted by Crippen LogP contribution is -2.31. The Balaban J connectivity index is 1.68. The van der Waals surface area contributed by atoms with Gasteiger partial charge in [-0.1, -0.05) is 0 Å². The predicted octanol–water partition coefficient (Wildman–Crippen LogP) is 0.757. The summed E-state index contributed by atoms with van der Waals surface area (Å²) >= 11 is 0. The van der Waals surface area contributed by atoms with E-state index in [1.807, 2.05) is 31.1 Å². The van der Waals surface area contributed by atoms with Crippen molar-refractivity contribution >= 4 is 17.5 Å². The first-order valence-electron chi connectivity index (χ1n) is 7.83. The number of anilines is 2. The molecule has 1 aliphatic rings. The lowest BCUT2D eigenvalue weighted by atomic mass is 10.3. The van der Waals surface area contributed by atoms with E-state index in [-0.39, 0.29) is 12.0 Å². The number of carbonyl (C=O) groups is 1. The molecule has 0 aliphatic carbocycles. The van der Waals surface area contributed by atoms with Gasteiger partial charge < -0.3 is 20.3 Å². The Kier molecular flexibility index (Phi) is 4.28. The molecule has 3 heterocycles. The molecule has 2 aromatic heterocycles. The fourth-order valence-corrected chi connectivity index (χ4v) is 2.78. The quantitative estimate of drug-likeness (QED) is 0.890.